The van der Waals surface area contributed by atoms with Gasteiger partial charge in [-0.15, -0.1) is 11.3 Å². The highest BCUT2D eigenvalue weighted by Gasteiger charge is 2.23. The molecule has 1 aliphatic carbocycles. The number of carbonyl (C=O) groups excluding carboxylic acids is 1. The maximum absolute atomic E-state index is 11.5. The van der Waals surface area contributed by atoms with Crippen LogP contribution in [0.4, 0.5) is 0 Å². The first-order valence-electron chi connectivity index (χ1n) is 5.85. The molecule has 1 aromatic heterocycles. The van der Waals surface area contributed by atoms with Gasteiger partial charge in [0.05, 0.1) is 6.54 Å². The second-order valence-corrected chi connectivity index (χ2v) is 5.18. The van der Waals surface area contributed by atoms with Crippen molar-refractivity contribution >= 4 is 17.2 Å². The molecule has 0 aliphatic heterocycles. The predicted molar refractivity (Wildman–Crippen MR) is 66.5 cm³/mol. The second kappa shape index (κ2) is 5.46. The summed E-state index contributed by atoms with van der Waals surface area (Å²) >= 11 is 1.74. The van der Waals surface area contributed by atoms with Crippen molar-refractivity contribution in [3.8, 4) is 0 Å². The van der Waals surface area contributed by atoms with E-state index >= 15 is 0 Å². The van der Waals surface area contributed by atoms with E-state index in [1.54, 1.807) is 11.3 Å². The molecule has 2 N–H and O–H groups in total. The average Bonchev–Trinajstić information content (AvgIpc) is 2.92. The molecule has 1 fully saturated rings. The molecule has 88 valence electrons. The van der Waals surface area contributed by atoms with Gasteiger partial charge in [-0.2, -0.15) is 0 Å². The van der Waals surface area contributed by atoms with Crippen molar-refractivity contribution in [2.45, 2.75) is 38.3 Å². The molecule has 1 saturated carbocycles. The first-order valence-corrected chi connectivity index (χ1v) is 6.73. The van der Waals surface area contributed by atoms with Crippen molar-refractivity contribution in [3.05, 3.63) is 22.4 Å². The van der Waals surface area contributed by atoms with E-state index in [1.807, 2.05) is 0 Å². The quantitative estimate of drug-likeness (QED) is 0.796. The largest absolute Gasteiger partial charge is 0.352 e. The summed E-state index contributed by atoms with van der Waals surface area (Å²) in [4.78, 5) is 12.8. The summed E-state index contributed by atoms with van der Waals surface area (Å²) in [7, 11) is 0. The maximum Gasteiger partial charge on any atom is 0.234 e. The summed E-state index contributed by atoms with van der Waals surface area (Å²) in [5, 5.41) is 8.36. The van der Waals surface area contributed by atoms with Gasteiger partial charge in [0.25, 0.3) is 0 Å². The highest BCUT2D eigenvalue weighted by Crippen LogP contribution is 2.21. The minimum Gasteiger partial charge on any atom is -0.352 e. The summed E-state index contributed by atoms with van der Waals surface area (Å²) in [5.41, 5.74) is 0. The molecule has 0 radical (unpaired) electrons. The predicted octanol–water partition coefficient (Wildman–Crippen LogP) is 2.07. The molecule has 0 spiro atoms. The van der Waals surface area contributed by atoms with Crippen molar-refractivity contribution in [2.24, 2.45) is 0 Å². The molecule has 1 unspecified atom stereocenters. The van der Waals surface area contributed by atoms with Crippen LogP contribution in [-0.4, -0.2) is 18.5 Å². The van der Waals surface area contributed by atoms with Crippen molar-refractivity contribution in [3.63, 3.8) is 0 Å². The molecular formula is C12H18N2OS. The molecular weight excluding hydrogens is 220 g/mol. The molecule has 1 atom stereocenters. The lowest BCUT2D eigenvalue weighted by Gasteiger charge is -2.15. The van der Waals surface area contributed by atoms with Crippen LogP contribution in [0.25, 0.3) is 0 Å². The zero-order chi connectivity index (χ0) is 11.4. The van der Waals surface area contributed by atoms with Gasteiger partial charge in [-0.3, -0.25) is 4.79 Å². The Balaban J connectivity index is 1.76. The molecule has 0 bridgehead atoms. The number of hydrogen-bond acceptors (Lipinski definition) is 3. The summed E-state index contributed by atoms with van der Waals surface area (Å²) in [6.45, 7) is 2.56. The Bertz CT molecular complexity index is 333. The lowest BCUT2D eigenvalue weighted by atomic mass is 10.2. The van der Waals surface area contributed by atoms with E-state index in [9.17, 15) is 4.79 Å². The van der Waals surface area contributed by atoms with Crippen molar-refractivity contribution in [2.75, 3.05) is 6.54 Å². The number of amides is 1. The Morgan fingerprint density at radius 1 is 1.62 bits per heavy atom. The number of carbonyl (C=O) groups is 1. The SMILES string of the molecule is CCC(NCC(=O)NC1CC1)c1cccs1. The van der Waals surface area contributed by atoms with E-state index in [4.69, 9.17) is 0 Å². The molecule has 1 amide bonds. The normalized spacial score (nSPS) is 17.1. The fraction of sp³-hybridized carbons (Fsp3) is 0.583. The minimum atomic E-state index is 0.123. The van der Waals surface area contributed by atoms with Gasteiger partial charge in [-0.1, -0.05) is 13.0 Å². The Kier molecular flexibility index (Phi) is 3.96. The summed E-state index contributed by atoms with van der Waals surface area (Å²) in [6, 6.07) is 4.93. The van der Waals surface area contributed by atoms with Crippen molar-refractivity contribution in [1.82, 2.24) is 10.6 Å². The molecule has 16 heavy (non-hydrogen) atoms. The van der Waals surface area contributed by atoms with Gasteiger partial charge in [-0.05, 0) is 30.7 Å². The monoisotopic (exact) mass is 238 g/mol. The van der Waals surface area contributed by atoms with Crippen LogP contribution in [0.3, 0.4) is 0 Å². The fourth-order valence-corrected chi connectivity index (χ4v) is 2.54. The van der Waals surface area contributed by atoms with Gasteiger partial charge >= 0.3 is 0 Å². The summed E-state index contributed by atoms with van der Waals surface area (Å²) in [6.07, 6.45) is 3.30. The van der Waals surface area contributed by atoms with Gasteiger partial charge in [0.1, 0.15) is 0 Å². The maximum atomic E-state index is 11.5. The third kappa shape index (κ3) is 3.32. The number of hydrogen-bond donors (Lipinski definition) is 2. The third-order valence-corrected chi connectivity index (χ3v) is 3.73. The average molecular weight is 238 g/mol. The topological polar surface area (TPSA) is 41.1 Å². The number of rotatable bonds is 6. The Labute approximate surface area is 100 Å². The molecule has 4 heteroatoms. The van der Waals surface area contributed by atoms with Crippen LogP contribution in [0.1, 0.15) is 37.1 Å². The molecule has 1 heterocycles. The highest BCUT2D eigenvalue weighted by atomic mass is 32.1. The van der Waals surface area contributed by atoms with Gasteiger partial charge < -0.3 is 10.6 Å². The van der Waals surface area contributed by atoms with Crippen molar-refractivity contribution < 1.29 is 4.79 Å². The molecule has 2 rings (SSSR count). The van der Waals surface area contributed by atoms with Crippen LogP contribution in [0, 0.1) is 0 Å². The van der Waals surface area contributed by atoms with E-state index < -0.39 is 0 Å². The van der Waals surface area contributed by atoms with Gasteiger partial charge in [-0.25, -0.2) is 0 Å². The van der Waals surface area contributed by atoms with Gasteiger partial charge in [0.2, 0.25) is 5.91 Å². The Morgan fingerprint density at radius 3 is 3.00 bits per heavy atom. The first kappa shape index (κ1) is 11.6. The zero-order valence-electron chi connectivity index (χ0n) is 9.53. The van der Waals surface area contributed by atoms with Crippen molar-refractivity contribution in [1.29, 1.82) is 0 Å². The van der Waals surface area contributed by atoms with E-state index in [0.717, 1.165) is 19.3 Å². The number of thiophene rings is 1. The molecule has 1 aliphatic rings. The van der Waals surface area contributed by atoms with E-state index in [-0.39, 0.29) is 5.91 Å². The van der Waals surface area contributed by atoms with Crippen LogP contribution in [-0.2, 0) is 4.79 Å². The van der Waals surface area contributed by atoms with E-state index in [2.05, 4.69) is 35.1 Å². The summed E-state index contributed by atoms with van der Waals surface area (Å²) in [5.74, 6) is 0.123. The standard InChI is InChI=1S/C12H18N2OS/c1-2-10(11-4-3-7-16-11)13-8-12(15)14-9-5-6-9/h3-4,7,9-10,13H,2,5-6,8H2,1H3,(H,14,15). The molecule has 0 aromatic carbocycles. The molecule has 0 saturated heterocycles. The van der Waals surface area contributed by atoms with Gasteiger partial charge in [0, 0.05) is 17.0 Å². The lowest BCUT2D eigenvalue weighted by Crippen LogP contribution is -2.36. The first-order chi connectivity index (χ1) is 7.79. The second-order valence-electron chi connectivity index (χ2n) is 4.20. The van der Waals surface area contributed by atoms with Crippen LogP contribution in [0.5, 0.6) is 0 Å². The Morgan fingerprint density at radius 2 is 2.44 bits per heavy atom. The van der Waals surface area contributed by atoms with Crippen LogP contribution >= 0.6 is 11.3 Å². The lowest BCUT2D eigenvalue weighted by molar-refractivity contribution is -0.120. The molecule has 1 aromatic rings. The Hall–Kier alpha value is -0.870. The zero-order valence-corrected chi connectivity index (χ0v) is 10.3. The van der Waals surface area contributed by atoms with Crippen LogP contribution in [0.15, 0.2) is 17.5 Å². The third-order valence-electron chi connectivity index (χ3n) is 2.75. The van der Waals surface area contributed by atoms with E-state index in [1.165, 1.54) is 4.88 Å². The van der Waals surface area contributed by atoms with E-state index in [0.29, 0.717) is 18.6 Å². The highest BCUT2D eigenvalue weighted by molar-refractivity contribution is 7.10. The number of nitrogens with one attached hydrogen (secondary N) is 2. The summed E-state index contributed by atoms with van der Waals surface area (Å²) < 4.78 is 0. The van der Waals surface area contributed by atoms with Crippen LogP contribution in [0.2, 0.25) is 0 Å². The molecule has 3 nitrogen and oxygen atoms in total. The fourth-order valence-electron chi connectivity index (χ4n) is 1.66. The van der Waals surface area contributed by atoms with Gasteiger partial charge in [0.15, 0.2) is 0 Å². The minimum absolute atomic E-state index is 0.123. The van der Waals surface area contributed by atoms with Crippen LogP contribution < -0.4 is 10.6 Å². The smallest absolute Gasteiger partial charge is 0.234 e.